The van der Waals surface area contributed by atoms with Crippen LogP contribution < -0.4 is 4.90 Å². The van der Waals surface area contributed by atoms with Gasteiger partial charge in [-0.15, -0.1) is 5.92 Å². The Hall–Kier alpha value is -2.64. The number of carbonyl (C=O) groups excluding carboxylic acids is 2. The van der Waals surface area contributed by atoms with E-state index >= 15 is 0 Å². The third-order valence-electron chi connectivity index (χ3n) is 9.08. The molecule has 172 valence electrons. The second-order valence-electron chi connectivity index (χ2n) is 10.6. The van der Waals surface area contributed by atoms with Crippen LogP contribution in [0.25, 0.3) is 0 Å². The molecule has 5 atom stereocenters. The summed E-state index contributed by atoms with van der Waals surface area (Å²) >= 11 is 0. The third kappa shape index (κ3) is 3.32. The number of anilines is 1. The van der Waals surface area contributed by atoms with Crippen molar-refractivity contribution in [1.29, 1.82) is 0 Å². The Morgan fingerprint density at radius 2 is 1.91 bits per heavy atom. The van der Waals surface area contributed by atoms with E-state index in [0.29, 0.717) is 18.3 Å². The Morgan fingerprint density at radius 3 is 2.61 bits per heavy atom. The lowest BCUT2D eigenvalue weighted by molar-refractivity contribution is -0.114. The molecule has 4 nitrogen and oxygen atoms in total. The quantitative estimate of drug-likeness (QED) is 0.532. The van der Waals surface area contributed by atoms with Gasteiger partial charge in [0.05, 0.1) is 0 Å². The van der Waals surface area contributed by atoms with E-state index in [-0.39, 0.29) is 17.1 Å². The van der Waals surface area contributed by atoms with E-state index in [9.17, 15) is 14.7 Å². The number of ketones is 1. The number of aliphatic hydroxyl groups is 1. The van der Waals surface area contributed by atoms with Crippen LogP contribution in [0.3, 0.4) is 0 Å². The summed E-state index contributed by atoms with van der Waals surface area (Å²) in [7, 11) is 1.76. The van der Waals surface area contributed by atoms with E-state index < -0.39 is 5.60 Å². The molecule has 1 amide bonds. The van der Waals surface area contributed by atoms with E-state index in [1.54, 1.807) is 11.9 Å². The van der Waals surface area contributed by atoms with Crippen molar-refractivity contribution >= 4 is 17.9 Å². The minimum Gasteiger partial charge on any atom is -0.377 e. The van der Waals surface area contributed by atoms with Gasteiger partial charge in [0.2, 0.25) is 6.41 Å². The summed E-state index contributed by atoms with van der Waals surface area (Å²) in [6, 6.07) is 8.30. The van der Waals surface area contributed by atoms with Crippen LogP contribution >= 0.6 is 0 Å². The number of fused-ring (bicyclic) bond motifs is 4. The molecule has 0 radical (unpaired) electrons. The van der Waals surface area contributed by atoms with Gasteiger partial charge in [-0.05, 0) is 92.2 Å². The van der Waals surface area contributed by atoms with Gasteiger partial charge in [0.15, 0.2) is 5.78 Å². The molecule has 0 heterocycles. The highest BCUT2D eigenvalue weighted by Gasteiger charge is 2.62. The highest BCUT2D eigenvalue weighted by atomic mass is 16.3. The highest BCUT2D eigenvalue weighted by Crippen LogP contribution is 2.66. The molecule has 1 N–H and O–H groups in total. The Balaban J connectivity index is 1.66. The summed E-state index contributed by atoms with van der Waals surface area (Å²) < 4.78 is 0. The van der Waals surface area contributed by atoms with Crippen LogP contribution in [0.15, 0.2) is 47.1 Å². The smallest absolute Gasteiger partial charge is 0.213 e. The van der Waals surface area contributed by atoms with Crippen molar-refractivity contribution in [3.8, 4) is 11.8 Å². The van der Waals surface area contributed by atoms with E-state index in [1.807, 2.05) is 25.1 Å². The number of amides is 1. The van der Waals surface area contributed by atoms with E-state index in [2.05, 4.69) is 30.9 Å². The Kier molecular flexibility index (Phi) is 5.37. The monoisotopic (exact) mass is 443 g/mol. The van der Waals surface area contributed by atoms with Crippen molar-refractivity contribution in [3.05, 3.63) is 52.6 Å². The summed E-state index contributed by atoms with van der Waals surface area (Å²) in [6.07, 6.45) is 8.71. The van der Waals surface area contributed by atoms with Crippen molar-refractivity contribution in [2.24, 2.45) is 17.3 Å². The largest absolute Gasteiger partial charge is 0.377 e. The zero-order valence-electron chi connectivity index (χ0n) is 19.9. The Morgan fingerprint density at radius 1 is 1.15 bits per heavy atom. The first-order chi connectivity index (χ1) is 15.8. The fourth-order valence-corrected chi connectivity index (χ4v) is 7.38. The normalized spacial score (nSPS) is 35.0. The highest BCUT2D eigenvalue weighted by molar-refractivity contribution is 5.93. The molecule has 2 fully saturated rings. The van der Waals surface area contributed by atoms with Gasteiger partial charge in [-0.2, -0.15) is 0 Å². The van der Waals surface area contributed by atoms with E-state index in [0.717, 1.165) is 50.6 Å². The molecule has 0 aliphatic heterocycles. The first kappa shape index (κ1) is 22.2. The molecule has 4 heteroatoms. The number of hydrogen-bond donors (Lipinski definition) is 1. The van der Waals surface area contributed by atoms with Crippen LogP contribution in [-0.4, -0.2) is 29.9 Å². The molecular formula is C29H33NO3. The second-order valence-corrected chi connectivity index (χ2v) is 10.6. The standard InChI is InChI=1S/C29H33NO3/c1-4-14-29(33)15-13-26-24-11-7-20-16-22(32)10-12-23(20)27(24)25(17-28(26,29)2)19-5-8-21(9-6-19)30(3)18-31/h5-6,8-9,16,18,24-26,33H,7,10-13,15,17H2,1-3H3/t24-,25+,26-,28-,29-/m0/s1. The summed E-state index contributed by atoms with van der Waals surface area (Å²) in [5.41, 5.74) is 5.00. The number of carbonyl (C=O) groups is 2. The number of nitrogens with zero attached hydrogens (tertiary/aromatic N) is 1. The molecule has 0 saturated heterocycles. The Bertz CT molecular complexity index is 1120. The Labute approximate surface area is 196 Å². The van der Waals surface area contributed by atoms with Crippen LogP contribution in [0.4, 0.5) is 5.69 Å². The number of hydrogen-bond acceptors (Lipinski definition) is 3. The lowest BCUT2D eigenvalue weighted by atomic mass is 9.51. The molecule has 1 aromatic carbocycles. The molecule has 2 saturated carbocycles. The molecular weight excluding hydrogens is 410 g/mol. The van der Waals surface area contributed by atoms with Crippen LogP contribution in [-0.2, 0) is 9.59 Å². The maximum Gasteiger partial charge on any atom is 0.213 e. The number of benzene rings is 1. The minimum absolute atomic E-state index is 0.182. The van der Waals surface area contributed by atoms with Crippen molar-refractivity contribution in [2.75, 3.05) is 11.9 Å². The summed E-state index contributed by atoms with van der Waals surface area (Å²) in [5, 5.41) is 11.7. The predicted octanol–water partition coefficient (Wildman–Crippen LogP) is 4.93. The molecule has 4 aliphatic carbocycles. The zero-order valence-corrected chi connectivity index (χ0v) is 19.9. The van der Waals surface area contributed by atoms with Crippen molar-refractivity contribution in [2.45, 2.75) is 70.3 Å². The van der Waals surface area contributed by atoms with Crippen LogP contribution in [0, 0.1) is 29.1 Å². The van der Waals surface area contributed by atoms with Gasteiger partial charge >= 0.3 is 0 Å². The summed E-state index contributed by atoms with van der Waals surface area (Å²) in [5.74, 6) is 7.48. The van der Waals surface area contributed by atoms with E-state index in [1.165, 1.54) is 22.3 Å². The first-order valence-electron chi connectivity index (χ1n) is 12.2. The SMILES string of the molecule is CC#C[C@]1(O)CC[C@H]2[C@@H]3CCC4=CC(=O)CCC4=C3[C@@H](c3ccc(N(C)C=O)cc3)C[C@@]21C. The maximum absolute atomic E-state index is 12.2. The topological polar surface area (TPSA) is 57.6 Å². The van der Waals surface area contributed by atoms with Gasteiger partial charge < -0.3 is 10.0 Å². The molecule has 0 spiro atoms. The molecule has 33 heavy (non-hydrogen) atoms. The summed E-state index contributed by atoms with van der Waals surface area (Å²) in [6.45, 7) is 4.08. The maximum atomic E-state index is 12.2. The lowest BCUT2D eigenvalue weighted by Crippen LogP contribution is -2.51. The second kappa shape index (κ2) is 7.99. The van der Waals surface area contributed by atoms with Crippen LogP contribution in [0.2, 0.25) is 0 Å². The van der Waals surface area contributed by atoms with Gasteiger partial charge in [-0.3, -0.25) is 9.59 Å². The van der Waals surface area contributed by atoms with Crippen LogP contribution in [0.5, 0.6) is 0 Å². The average molecular weight is 444 g/mol. The van der Waals surface area contributed by atoms with Gasteiger partial charge in [0.25, 0.3) is 0 Å². The van der Waals surface area contributed by atoms with Gasteiger partial charge in [-0.1, -0.05) is 30.6 Å². The molecule has 0 bridgehead atoms. The number of rotatable bonds is 3. The molecule has 0 unspecified atom stereocenters. The fraction of sp³-hybridized carbons (Fsp3) is 0.517. The number of allylic oxidation sites excluding steroid dienone is 4. The molecule has 5 rings (SSSR count). The van der Waals surface area contributed by atoms with Crippen LogP contribution in [0.1, 0.15) is 70.3 Å². The minimum atomic E-state index is -0.961. The molecule has 1 aromatic rings. The lowest BCUT2D eigenvalue weighted by Gasteiger charge is -2.53. The van der Waals surface area contributed by atoms with Gasteiger partial charge in [-0.25, -0.2) is 0 Å². The van der Waals surface area contributed by atoms with Crippen molar-refractivity contribution in [3.63, 3.8) is 0 Å². The molecule has 0 aromatic heterocycles. The van der Waals surface area contributed by atoms with Gasteiger partial charge in [0.1, 0.15) is 5.60 Å². The summed E-state index contributed by atoms with van der Waals surface area (Å²) in [4.78, 5) is 25.0. The zero-order chi connectivity index (χ0) is 23.4. The third-order valence-corrected chi connectivity index (χ3v) is 9.08. The van der Waals surface area contributed by atoms with Crippen molar-refractivity contribution < 1.29 is 14.7 Å². The fourth-order valence-electron chi connectivity index (χ4n) is 7.38. The first-order valence-corrected chi connectivity index (χ1v) is 12.2. The predicted molar refractivity (Wildman–Crippen MR) is 130 cm³/mol. The molecule has 4 aliphatic rings. The van der Waals surface area contributed by atoms with Crippen molar-refractivity contribution in [1.82, 2.24) is 0 Å². The average Bonchev–Trinajstić information content (AvgIpc) is 3.08. The van der Waals surface area contributed by atoms with E-state index in [4.69, 9.17) is 0 Å². The van der Waals surface area contributed by atoms with Gasteiger partial charge in [0, 0.05) is 30.5 Å².